The van der Waals surface area contributed by atoms with Crippen molar-refractivity contribution in [2.45, 2.75) is 108 Å². The van der Waals surface area contributed by atoms with Crippen molar-refractivity contribution in [3.8, 4) is 0 Å². The molecular weight excluding hydrogens is 572 g/mol. The van der Waals surface area contributed by atoms with Gasteiger partial charge in [0.1, 0.15) is 5.76 Å². The Balaban J connectivity index is 1.93. The Hall–Kier alpha value is -2.06. The van der Waals surface area contributed by atoms with Crippen LogP contribution in [0.1, 0.15) is 77.2 Å². The summed E-state index contributed by atoms with van der Waals surface area (Å²) < 4.78 is 78.1. The lowest BCUT2D eigenvalue weighted by molar-refractivity contribution is -0.137. The average molecular weight is 614 g/mol. The van der Waals surface area contributed by atoms with Crippen molar-refractivity contribution < 1.29 is 26.0 Å². The number of benzene rings is 1. The Morgan fingerprint density at radius 3 is 1.93 bits per heavy atom. The van der Waals surface area contributed by atoms with Gasteiger partial charge in [-0.15, -0.1) is 0 Å². The molecule has 4 rings (SSSR count). The third-order valence-electron chi connectivity index (χ3n) is 9.23. The van der Waals surface area contributed by atoms with E-state index >= 15 is 0 Å². The largest absolute Gasteiger partial charge is 0.541 e. The van der Waals surface area contributed by atoms with Crippen LogP contribution in [0.15, 0.2) is 41.6 Å². The second kappa shape index (κ2) is 9.48. The fourth-order valence-electron chi connectivity index (χ4n) is 4.49. The average Bonchev–Trinajstić information content (AvgIpc) is 3.53. The van der Waals surface area contributed by atoms with E-state index in [1.165, 1.54) is 4.31 Å². The third kappa shape index (κ3) is 5.31. The van der Waals surface area contributed by atoms with E-state index in [0.29, 0.717) is 5.76 Å². The smallest absolute Gasteiger partial charge is 0.416 e. The maximum Gasteiger partial charge on any atom is 0.416 e. The minimum Gasteiger partial charge on any atom is -0.541 e. The maximum absolute atomic E-state index is 14.1. The molecule has 12 heteroatoms. The van der Waals surface area contributed by atoms with Gasteiger partial charge in [-0.3, -0.25) is 8.65 Å². The van der Waals surface area contributed by atoms with Crippen LogP contribution in [0, 0.1) is 5.92 Å². The molecule has 0 bridgehead atoms. The van der Waals surface area contributed by atoms with Crippen LogP contribution < -0.4 is 0 Å². The molecule has 1 atom stereocenters. The van der Waals surface area contributed by atoms with Gasteiger partial charge in [0.25, 0.3) is 18.3 Å². The standard InChI is InChI=1S/C28H42F3N3O3SSi2/c1-26(2,3)39(7,8)34-25-22(17-32-34)24(19-11-12-19)33(18-23(25)37-40(9,10)27(4,5)6)38(35,36)21-15-13-20(14-16-21)28(29,30)31/h13-19,24H,11-12H2,1-10H3. The van der Waals surface area contributed by atoms with E-state index in [-0.39, 0.29) is 20.9 Å². The Labute approximate surface area is 238 Å². The lowest BCUT2D eigenvalue weighted by Gasteiger charge is -2.43. The zero-order valence-corrected chi connectivity index (χ0v) is 28.0. The molecule has 0 saturated heterocycles. The van der Waals surface area contributed by atoms with Gasteiger partial charge >= 0.3 is 6.18 Å². The second-order valence-electron chi connectivity index (χ2n) is 14.2. The predicted octanol–water partition coefficient (Wildman–Crippen LogP) is 8.23. The van der Waals surface area contributed by atoms with Crippen molar-refractivity contribution in [3.05, 3.63) is 53.5 Å². The molecule has 1 fully saturated rings. The lowest BCUT2D eigenvalue weighted by Crippen LogP contribution is -2.48. The number of nitrogens with zero attached hydrogens (tertiary/aromatic N) is 3. The molecule has 2 aromatic rings. The van der Waals surface area contributed by atoms with Gasteiger partial charge in [-0.05, 0) is 79.3 Å². The van der Waals surface area contributed by atoms with Crippen molar-refractivity contribution in [1.29, 1.82) is 0 Å². The summed E-state index contributed by atoms with van der Waals surface area (Å²) in [5.74, 6) is 0.557. The number of rotatable bonds is 6. The SMILES string of the molecule is CC(C)(C)[Si](C)(C)OC1=CN(S(=O)(=O)c2ccc(C(F)(F)F)cc2)C(C2CC2)c2cnn([Si](C)(C)C(C)(C)C)c21. The summed E-state index contributed by atoms with van der Waals surface area (Å²) in [6, 6.07) is 3.21. The Morgan fingerprint density at radius 2 is 1.48 bits per heavy atom. The summed E-state index contributed by atoms with van der Waals surface area (Å²) in [6.45, 7) is 21.7. The highest BCUT2D eigenvalue weighted by Crippen LogP contribution is 2.53. The van der Waals surface area contributed by atoms with Crippen LogP contribution in [-0.2, 0) is 20.6 Å². The molecule has 6 nitrogen and oxygen atoms in total. The molecule has 1 unspecified atom stereocenters. The van der Waals surface area contributed by atoms with E-state index in [4.69, 9.17) is 9.52 Å². The van der Waals surface area contributed by atoms with Crippen LogP contribution in [0.5, 0.6) is 0 Å². The van der Waals surface area contributed by atoms with Gasteiger partial charge in [0.2, 0.25) is 0 Å². The van der Waals surface area contributed by atoms with E-state index in [2.05, 4.69) is 72.1 Å². The van der Waals surface area contributed by atoms with E-state index < -0.39 is 44.4 Å². The van der Waals surface area contributed by atoms with Crippen LogP contribution in [0.3, 0.4) is 0 Å². The molecule has 222 valence electrons. The Bertz CT molecular complexity index is 1410. The third-order valence-corrected chi connectivity index (χ3v) is 20.4. The highest BCUT2D eigenvalue weighted by Gasteiger charge is 2.50. The molecule has 2 heterocycles. The van der Waals surface area contributed by atoms with Crippen molar-refractivity contribution in [1.82, 2.24) is 13.8 Å². The predicted molar refractivity (Wildman–Crippen MR) is 157 cm³/mol. The van der Waals surface area contributed by atoms with Crippen LogP contribution >= 0.6 is 0 Å². The van der Waals surface area contributed by atoms with Crippen LogP contribution in [0.2, 0.25) is 36.3 Å². The van der Waals surface area contributed by atoms with Crippen molar-refractivity contribution >= 4 is 32.3 Å². The van der Waals surface area contributed by atoms with Gasteiger partial charge in [0.15, 0.2) is 8.24 Å². The molecule has 1 saturated carbocycles. The van der Waals surface area contributed by atoms with Gasteiger partial charge in [-0.1, -0.05) is 41.5 Å². The molecule has 0 spiro atoms. The highest BCUT2D eigenvalue weighted by molar-refractivity contribution is 7.89. The molecular formula is C28H42F3N3O3SSi2. The summed E-state index contributed by atoms with van der Waals surface area (Å²) in [5, 5.41) is 4.69. The molecule has 1 aromatic carbocycles. The maximum atomic E-state index is 14.1. The molecule has 1 aromatic heterocycles. The molecule has 1 aliphatic heterocycles. The molecule has 40 heavy (non-hydrogen) atoms. The molecule has 2 aliphatic rings. The van der Waals surface area contributed by atoms with Gasteiger partial charge < -0.3 is 4.43 Å². The first-order valence-corrected chi connectivity index (χ1v) is 21.0. The molecule has 0 radical (unpaired) electrons. The minimum atomic E-state index is -4.55. The number of hydrogen-bond acceptors (Lipinski definition) is 4. The van der Waals surface area contributed by atoms with Gasteiger partial charge in [0.05, 0.1) is 34.6 Å². The topological polar surface area (TPSA) is 64.4 Å². The van der Waals surface area contributed by atoms with Gasteiger partial charge in [-0.25, -0.2) is 8.42 Å². The fraction of sp³-hybridized carbons (Fsp3) is 0.607. The monoisotopic (exact) mass is 613 g/mol. The van der Waals surface area contributed by atoms with E-state index in [1.54, 1.807) is 12.4 Å². The zero-order chi connectivity index (χ0) is 30.3. The quantitative estimate of drug-likeness (QED) is 0.308. The lowest BCUT2D eigenvalue weighted by atomic mass is 10.00. The van der Waals surface area contributed by atoms with Crippen LogP contribution in [0.25, 0.3) is 5.76 Å². The molecule has 0 N–H and O–H groups in total. The van der Waals surface area contributed by atoms with E-state index in [0.717, 1.165) is 48.4 Å². The fourth-order valence-corrected chi connectivity index (χ4v) is 8.82. The van der Waals surface area contributed by atoms with E-state index in [1.807, 2.05) is 0 Å². The second-order valence-corrected chi connectivity index (χ2v) is 25.8. The van der Waals surface area contributed by atoms with E-state index in [9.17, 15) is 21.6 Å². The van der Waals surface area contributed by atoms with Crippen molar-refractivity contribution in [3.63, 3.8) is 0 Å². The summed E-state index contributed by atoms with van der Waals surface area (Å²) >= 11 is 0. The van der Waals surface area contributed by atoms with Gasteiger partial charge in [-0.2, -0.15) is 18.3 Å². The number of hydrogen-bond donors (Lipinski definition) is 0. The molecule has 0 amide bonds. The summed E-state index contributed by atoms with van der Waals surface area (Å²) in [6.07, 6.45) is 0.544. The number of halogens is 3. The first-order chi connectivity index (χ1) is 18.0. The first-order valence-electron chi connectivity index (χ1n) is 13.7. The van der Waals surface area contributed by atoms with Crippen molar-refractivity contribution in [2.24, 2.45) is 5.92 Å². The summed E-state index contributed by atoms with van der Waals surface area (Å²) in [7, 11) is -8.88. The highest BCUT2D eigenvalue weighted by atomic mass is 32.2. The Morgan fingerprint density at radius 1 is 0.925 bits per heavy atom. The van der Waals surface area contributed by atoms with Crippen molar-refractivity contribution in [2.75, 3.05) is 0 Å². The summed E-state index contributed by atoms with van der Waals surface area (Å²) in [5.41, 5.74) is 0.755. The Kier molecular flexibility index (Phi) is 7.32. The number of alkyl halides is 3. The number of aromatic nitrogens is 2. The minimum absolute atomic E-state index is 0.0482. The first kappa shape index (κ1) is 30.9. The van der Waals surface area contributed by atoms with Crippen LogP contribution in [0.4, 0.5) is 13.2 Å². The van der Waals surface area contributed by atoms with Gasteiger partial charge in [0, 0.05) is 5.56 Å². The molecule has 1 aliphatic carbocycles. The van der Waals surface area contributed by atoms with Crippen LogP contribution in [-0.4, -0.2) is 38.7 Å². The number of fused-ring (bicyclic) bond motifs is 1. The number of sulfonamides is 1. The summed E-state index contributed by atoms with van der Waals surface area (Å²) in [4.78, 5) is -0.186. The normalized spacial score (nSPS) is 19.4. The zero-order valence-electron chi connectivity index (χ0n) is 25.1.